The summed E-state index contributed by atoms with van der Waals surface area (Å²) >= 11 is 6.12. The van der Waals surface area contributed by atoms with Crippen molar-refractivity contribution in [3.05, 3.63) is 95.0 Å². The lowest BCUT2D eigenvalue weighted by Gasteiger charge is -2.39. The summed E-state index contributed by atoms with van der Waals surface area (Å²) in [5, 5.41) is 24.3. The normalized spacial score (nSPS) is 19.7. The van der Waals surface area contributed by atoms with Crippen LogP contribution in [0.4, 0.5) is 4.79 Å². The molecule has 48 heavy (non-hydrogen) atoms. The van der Waals surface area contributed by atoms with Crippen molar-refractivity contribution in [2.75, 3.05) is 60.1 Å². The zero-order chi connectivity index (χ0) is 34.0. The van der Waals surface area contributed by atoms with Crippen LogP contribution in [-0.4, -0.2) is 71.2 Å². The van der Waals surface area contributed by atoms with Gasteiger partial charge in [0.05, 0.1) is 11.7 Å². The molecule has 262 valence electrons. The van der Waals surface area contributed by atoms with Gasteiger partial charge in [0.2, 0.25) is 0 Å². The summed E-state index contributed by atoms with van der Waals surface area (Å²) in [4.78, 5) is 11.2. The van der Waals surface area contributed by atoms with Crippen molar-refractivity contribution in [1.82, 2.24) is 21.3 Å². The molecule has 0 aliphatic carbocycles. The van der Waals surface area contributed by atoms with Crippen LogP contribution in [-0.2, 0) is 15.1 Å². The number of hydrogen-bond donors (Lipinski definition) is 5. The zero-order valence-electron chi connectivity index (χ0n) is 28.7. The zero-order valence-corrected chi connectivity index (χ0v) is 29.4. The van der Waals surface area contributed by atoms with Gasteiger partial charge in [-0.05, 0) is 92.4 Å². The van der Waals surface area contributed by atoms with Gasteiger partial charge in [-0.15, -0.1) is 0 Å². The molecule has 0 spiro atoms. The molecule has 8 nitrogen and oxygen atoms in total. The largest absolute Gasteiger partial charge is 0.385 e. The number of piperidine rings is 2. The van der Waals surface area contributed by atoms with Gasteiger partial charge in [-0.3, -0.25) is 0 Å². The van der Waals surface area contributed by atoms with Crippen LogP contribution < -0.4 is 21.3 Å². The molecule has 0 saturated carbocycles. The summed E-state index contributed by atoms with van der Waals surface area (Å²) in [5.74, 6) is 0.663. The highest BCUT2D eigenvalue weighted by atomic mass is 35.5. The van der Waals surface area contributed by atoms with Gasteiger partial charge in [0.15, 0.2) is 0 Å². The van der Waals surface area contributed by atoms with Crippen LogP contribution in [0.3, 0.4) is 0 Å². The Hall–Kier alpha value is -2.98. The topological polar surface area (TPSA) is 104 Å². The number of benzene rings is 3. The van der Waals surface area contributed by atoms with Crippen molar-refractivity contribution in [2.24, 2.45) is 11.8 Å². The number of amides is 2. The van der Waals surface area contributed by atoms with E-state index in [2.05, 4.69) is 75.9 Å². The number of carbonyl (C=O) groups excluding carboxylic acids is 1. The molecule has 3 unspecified atom stereocenters. The smallest absolute Gasteiger partial charge is 0.314 e. The summed E-state index contributed by atoms with van der Waals surface area (Å²) in [7, 11) is 3.33. The van der Waals surface area contributed by atoms with Crippen LogP contribution in [0.15, 0.2) is 78.9 Å². The van der Waals surface area contributed by atoms with Crippen molar-refractivity contribution in [1.29, 1.82) is 0 Å². The average Bonchev–Trinajstić information content (AvgIpc) is 3.14. The van der Waals surface area contributed by atoms with Gasteiger partial charge in [-0.2, -0.15) is 0 Å². The maximum Gasteiger partial charge on any atom is 0.314 e. The van der Waals surface area contributed by atoms with Crippen LogP contribution in [0, 0.1) is 11.8 Å². The van der Waals surface area contributed by atoms with E-state index in [-0.39, 0.29) is 18.1 Å². The summed E-state index contributed by atoms with van der Waals surface area (Å²) in [6, 6.07) is 26.6. The lowest BCUT2D eigenvalue weighted by molar-refractivity contribution is -0.0419. The van der Waals surface area contributed by atoms with E-state index >= 15 is 0 Å². The highest BCUT2D eigenvalue weighted by molar-refractivity contribution is 6.30. The minimum Gasteiger partial charge on any atom is -0.385 e. The lowest BCUT2D eigenvalue weighted by atomic mass is 9.74. The number of urea groups is 1. The average molecular weight is 679 g/mol. The molecule has 2 amide bonds. The molecule has 9 heteroatoms. The van der Waals surface area contributed by atoms with E-state index in [0.29, 0.717) is 30.3 Å². The monoisotopic (exact) mass is 678 g/mol. The number of rotatable bonds is 14. The fraction of sp³-hybridized carbons (Fsp3) is 0.513. The number of aliphatic hydroxyl groups is 1. The molecule has 0 aromatic heterocycles. The second-order valence-electron chi connectivity index (χ2n) is 12.8. The fourth-order valence-corrected chi connectivity index (χ4v) is 7.10. The molecule has 5 N–H and O–H groups in total. The Bertz CT molecular complexity index is 1350. The molecule has 3 aromatic carbocycles. The van der Waals surface area contributed by atoms with Crippen molar-refractivity contribution < 1.29 is 19.4 Å². The summed E-state index contributed by atoms with van der Waals surface area (Å²) < 4.78 is 11.6. The number of carbonyl (C=O) groups is 1. The molecule has 4 atom stereocenters. The Morgan fingerprint density at radius 2 is 1.71 bits per heavy atom. The van der Waals surface area contributed by atoms with Crippen molar-refractivity contribution in [3.63, 3.8) is 0 Å². The standard InChI is InChI=1S/C22H29NO2.C17H26ClN3O2/c1-24-15-8-16-25-22(19-11-7-14-23-17-19)21-13-6-5-12-20(21)18-9-3-2-4-10-18;1-19-16(22)21-10-4-8-17(23,14-6-3-9-20-12-14)13-5-2-7-15(18)11-13/h2-6,9-10,12-13,19,22-23H,7-8,11,14-17H2,1H3;2,5,7,11,14,20,23H,3-4,6,8-10,12H2,1H3,(H2,19,21,22)/t19?,22-;/m1./s1. The predicted octanol–water partition coefficient (Wildman–Crippen LogP) is 6.68. The van der Waals surface area contributed by atoms with Gasteiger partial charge < -0.3 is 35.8 Å². The van der Waals surface area contributed by atoms with Gasteiger partial charge in [0, 0.05) is 63.9 Å². The first-order valence-corrected chi connectivity index (χ1v) is 17.9. The lowest BCUT2D eigenvalue weighted by Crippen LogP contribution is -2.45. The van der Waals surface area contributed by atoms with E-state index in [4.69, 9.17) is 21.1 Å². The molecular weight excluding hydrogens is 624 g/mol. The second-order valence-corrected chi connectivity index (χ2v) is 13.2. The number of ether oxygens (including phenoxy) is 2. The number of methoxy groups -OCH3 is 1. The molecule has 2 saturated heterocycles. The predicted molar refractivity (Wildman–Crippen MR) is 195 cm³/mol. The Morgan fingerprint density at radius 3 is 2.40 bits per heavy atom. The molecule has 0 radical (unpaired) electrons. The molecule has 0 bridgehead atoms. The SMILES string of the molecule is CNC(=O)NCCCC(O)(c1cccc(Cl)c1)C1CCCNC1.COCCCO[C@@H](c1ccccc1-c1ccccc1)C1CCCNC1. The fourth-order valence-electron chi connectivity index (χ4n) is 6.91. The minimum absolute atomic E-state index is 0.126. The van der Waals surface area contributed by atoms with Gasteiger partial charge in [-0.1, -0.05) is 78.3 Å². The van der Waals surface area contributed by atoms with Gasteiger partial charge >= 0.3 is 6.03 Å². The summed E-state index contributed by atoms with van der Waals surface area (Å²) in [6.45, 7) is 5.95. The van der Waals surface area contributed by atoms with Gasteiger partial charge in [0.1, 0.15) is 0 Å². The molecule has 5 rings (SSSR count). The number of nitrogens with one attached hydrogen (secondary N) is 4. The van der Waals surface area contributed by atoms with Crippen LogP contribution in [0.1, 0.15) is 62.2 Å². The number of hydrogen-bond acceptors (Lipinski definition) is 6. The van der Waals surface area contributed by atoms with E-state index in [9.17, 15) is 9.90 Å². The molecule has 2 heterocycles. The van der Waals surface area contributed by atoms with Crippen molar-refractivity contribution in [2.45, 2.75) is 56.7 Å². The molecule has 2 fully saturated rings. The minimum atomic E-state index is -0.928. The number of halogens is 1. The summed E-state index contributed by atoms with van der Waals surface area (Å²) in [6.07, 6.45) is 6.82. The van der Waals surface area contributed by atoms with Crippen LogP contribution in [0.5, 0.6) is 0 Å². The molecule has 2 aliphatic heterocycles. The van der Waals surface area contributed by atoms with Gasteiger partial charge in [0.25, 0.3) is 0 Å². The first kappa shape index (κ1) is 37.8. The van der Waals surface area contributed by atoms with E-state index in [1.807, 2.05) is 24.3 Å². The van der Waals surface area contributed by atoms with Crippen molar-refractivity contribution in [3.8, 4) is 11.1 Å². The van der Waals surface area contributed by atoms with E-state index in [1.165, 1.54) is 29.5 Å². The Morgan fingerprint density at radius 1 is 0.958 bits per heavy atom. The Balaban J connectivity index is 0.000000218. The summed E-state index contributed by atoms with van der Waals surface area (Å²) in [5.41, 5.74) is 3.78. The highest BCUT2D eigenvalue weighted by Gasteiger charge is 2.38. The van der Waals surface area contributed by atoms with Crippen LogP contribution >= 0.6 is 11.6 Å². The Labute approximate surface area is 292 Å². The van der Waals surface area contributed by atoms with E-state index in [0.717, 1.165) is 64.2 Å². The Kier molecular flexibility index (Phi) is 16.2. The quantitative estimate of drug-likeness (QED) is 0.122. The van der Waals surface area contributed by atoms with Gasteiger partial charge in [-0.25, -0.2) is 4.79 Å². The van der Waals surface area contributed by atoms with Crippen LogP contribution in [0.2, 0.25) is 5.02 Å². The first-order chi connectivity index (χ1) is 23.5. The van der Waals surface area contributed by atoms with E-state index in [1.54, 1.807) is 14.2 Å². The third kappa shape index (κ3) is 11.3. The second kappa shape index (κ2) is 20.5. The maximum atomic E-state index is 11.4. The first-order valence-electron chi connectivity index (χ1n) is 17.6. The third-order valence-electron chi connectivity index (χ3n) is 9.45. The van der Waals surface area contributed by atoms with Crippen LogP contribution in [0.25, 0.3) is 11.1 Å². The van der Waals surface area contributed by atoms with Crippen molar-refractivity contribution >= 4 is 17.6 Å². The molecule has 2 aliphatic rings. The molecule has 3 aromatic rings. The molecular formula is C39H55ClN4O4. The highest BCUT2D eigenvalue weighted by Crippen LogP contribution is 2.39. The maximum absolute atomic E-state index is 11.4. The third-order valence-corrected chi connectivity index (χ3v) is 9.68. The van der Waals surface area contributed by atoms with E-state index < -0.39 is 5.60 Å².